The summed E-state index contributed by atoms with van der Waals surface area (Å²) >= 11 is 0. The van der Waals surface area contributed by atoms with Gasteiger partial charge in [0.05, 0.1) is 0 Å². The first-order chi connectivity index (χ1) is 8.36. The Bertz CT molecular complexity index is 355. The Kier molecular flexibility index (Phi) is 3.17. The second-order valence-electron chi connectivity index (χ2n) is 5.60. The monoisotopic (exact) mass is 230 g/mol. The fraction of sp³-hybridized carbons (Fsp3) is 0.600. The minimum absolute atomic E-state index is 0.825. The van der Waals surface area contributed by atoms with Gasteiger partial charge in [0.15, 0.2) is 0 Å². The highest BCUT2D eigenvalue weighted by Gasteiger charge is 2.35. The van der Waals surface area contributed by atoms with Gasteiger partial charge >= 0.3 is 0 Å². The lowest BCUT2D eigenvalue weighted by atomic mass is 9.78. The van der Waals surface area contributed by atoms with Crippen LogP contribution in [0.3, 0.4) is 0 Å². The van der Waals surface area contributed by atoms with Gasteiger partial charge in [-0.1, -0.05) is 24.3 Å². The quantitative estimate of drug-likeness (QED) is 0.856. The molecule has 1 saturated heterocycles. The number of nitrogens with two attached hydrogens (primary N) is 1. The number of hydrogen-bond acceptors (Lipinski definition) is 2. The van der Waals surface area contributed by atoms with E-state index >= 15 is 0 Å². The first kappa shape index (κ1) is 11.2. The van der Waals surface area contributed by atoms with Crippen molar-refractivity contribution in [3.63, 3.8) is 0 Å². The molecule has 92 valence electrons. The van der Waals surface area contributed by atoms with Gasteiger partial charge in [0.25, 0.3) is 0 Å². The fourth-order valence-electron chi connectivity index (χ4n) is 3.52. The van der Waals surface area contributed by atoms with Crippen molar-refractivity contribution in [2.45, 2.75) is 19.3 Å². The van der Waals surface area contributed by atoms with Gasteiger partial charge in [-0.2, -0.15) is 0 Å². The Labute approximate surface area is 104 Å². The second kappa shape index (κ2) is 4.79. The Morgan fingerprint density at radius 3 is 2.18 bits per heavy atom. The van der Waals surface area contributed by atoms with Crippen LogP contribution in [0.25, 0.3) is 0 Å². The van der Waals surface area contributed by atoms with E-state index in [1.807, 2.05) is 0 Å². The van der Waals surface area contributed by atoms with Crippen LogP contribution < -0.4 is 5.73 Å². The summed E-state index contributed by atoms with van der Waals surface area (Å²) in [6.45, 7) is 4.60. The van der Waals surface area contributed by atoms with Gasteiger partial charge in [0, 0.05) is 13.1 Å². The fourth-order valence-corrected chi connectivity index (χ4v) is 3.52. The van der Waals surface area contributed by atoms with E-state index in [4.69, 9.17) is 5.73 Å². The van der Waals surface area contributed by atoms with Gasteiger partial charge in [0.1, 0.15) is 0 Å². The molecule has 1 heterocycles. The average Bonchev–Trinajstić information content (AvgIpc) is 2.75. The molecule has 2 atom stereocenters. The van der Waals surface area contributed by atoms with Crippen molar-refractivity contribution >= 4 is 0 Å². The number of rotatable bonds is 3. The maximum atomic E-state index is 5.60. The number of nitrogens with zero attached hydrogens (tertiary/aromatic N) is 1. The van der Waals surface area contributed by atoms with Gasteiger partial charge in [-0.15, -0.1) is 0 Å². The molecular formula is C15H22N2. The minimum Gasteiger partial charge on any atom is -0.330 e. The molecule has 2 N–H and O–H groups in total. The molecule has 2 aliphatic rings. The number of hydrogen-bond donors (Lipinski definition) is 1. The van der Waals surface area contributed by atoms with Crippen LogP contribution in [0.15, 0.2) is 24.3 Å². The molecule has 2 unspecified atom stereocenters. The third-order valence-corrected chi connectivity index (χ3v) is 4.41. The maximum absolute atomic E-state index is 5.60. The van der Waals surface area contributed by atoms with Gasteiger partial charge in [-0.3, -0.25) is 0 Å². The van der Waals surface area contributed by atoms with Gasteiger partial charge < -0.3 is 10.6 Å². The Morgan fingerprint density at radius 1 is 1.06 bits per heavy atom. The van der Waals surface area contributed by atoms with E-state index in [0.717, 1.165) is 24.8 Å². The highest BCUT2D eigenvalue weighted by molar-refractivity contribution is 5.31. The predicted molar refractivity (Wildman–Crippen MR) is 70.9 cm³/mol. The van der Waals surface area contributed by atoms with Gasteiger partial charge in [-0.25, -0.2) is 0 Å². The molecule has 2 nitrogen and oxygen atoms in total. The summed E-state index contributed by atoms with van der Waals surface area (Å²) in [6.07, 6.45) is 3.73. The zero-order chi connectivity index (χ0) is 11.7. The SMILES string of the molecule is NCCCN1CC2Cc3ccccc3CC2C1. The van der Waals surface area contributed by atoms with E-state index in [9.17, 15) is 0 Å². The van der Waals surface area contributed by atoms with Crippen molar-refractivity contribution in [1.29, 1.82) is 0 Å². The Balaban J connectivity index is 1.68. The highest BCUT2D eigenvalue weighted by atomic mass is 15.2. The molecule has 0 aromatic heterocycles. The van der Waals surface area contributed by atoms with Crippen molar-refractivity contribution in [2.24, 2.45) is 17.6 Å². The van der Waals surface area contributed by atoms with Crippen molar-refractivity contribution in [1.82, 2.24) is 4.90 Å². The molecule has 0 radical (unpaired) electrons. The van der Waals surface area contributed by atoms with Crippen LogP contribution >= 0.6 is 0 Å². The minimum atomic E-state index is 0.825. The summed E-state index contributed by atoms with van der Waals surface area (Å²) in [7, 11) is 0. The summed E-state index contributed by atoms with van der Waals surface area (Å²) in [5.41, 5.74) is 8.78. The second-order valence-corrected chi connectivity index (χ2v) is 5.60. The smallest absolute Gasteiger partial charge is 0.00162 e. The molecule has 1 aromatic rings. The van der Waals surface area contributed by atoms with Crippen LogP contribution in [-0.2, 0) is 12.8 Å². The van der Waals surface area contributed by atoms with Crippen LogP contribution in [0, 0.1) is 11.8 Å². The van der Waals surface area contributed by atoms with Crippen LogP contribution in [0.1, 0.15) is 17.5 Å². The largest absolute Gasteiger partial charge is 0.330 e. The van der Waals surface area contributed by atoms with E-state index in [0.29, 0.717) is 0 Å². The summed E-state index contributed by atoms with van der Waals surface area (Å²) in [4.78, 5) is 2.62. The summed E-state index contributed by atoms with van der Waals surface area (Å²) in [5.74, 6) is 1.78. The van der Waals surface area contributed by atoms with E-state index in [1.54, 1.807) is 11.1 Å². The van der Waals surface area contributed by atoms with Crippen LogP contribution in [0.5, 0.6) is 0 Å². The zero-order valence-corrected chi connectivity index (χ0v) is 10.4. The van der Waals surface area contributed by atoms with Crippen molar-refractivity contribution in [3.05, 3.63) is 35.4 Å². The molecule has 1 aromatic carbocycles. The van der Waals surface area contributed by atoms with E-state index in [2.05, 4.69) is 29.2 Å². The van der Waals surface area contributed by atoms with Gasteiger partial charge in [-0.05, 0) is 55.3 Å². The number of likely N-dealkylation sites (tertiary alicyclic amines) is 1. The first-order valence-electron chi connectivity index (χ1n) is 6.86. The zero-order valence-electron chi connectivity index (χ0n) is 10.4. The molecular weight excluding hydrogens is 208 g/mol. The molecule has 1 aliphatic heterocycles. The lowest BCUT2D eigenvalue weighted by molar-refractivity contribution is 0.319. The first-order valence-corrected chi connectivity index (χ1v) is 6.86. The van der Waals surface area contributed by atoms with Crippen molar-refractivity contribution in [3.8, 4) is 0 Å². The van der Waals surface area contributed by atoms with Gasteiger partial charge in [0.2, 0.25) is 0 Å². The molecule has 0 saturated carbocycles. The Morgan fingerprint density at radius 2 is 1.65 bits per heavy atom. The summed E-state index contributed by atoms with van der Waals surface area (Å²) in [5, 5.41) is 0. The molecule has 1 aliphatic carbocycles. The lowest BCUT2D eigenvalue weighted by Gasteiger charge is -2.26. The van der Waals surface area contributed by atoms with E-state index in [-0.39, 0.29) is 0 Å². The Hall–Kier alpha value is -0.860. The lowest BCUT2D eigenvalue weighted by Crippen LogP contribution is -2.24. The standard InChI is InChI=1S/C15H22N2/c16-6-3-7-17-10-14-8-12-4-1-2-5-13(12)9-15(14)11-17/h1-2,4-5,14-15H,3,6-11,16H2. The normalized spacial score (nSPS) is 27.8. The van der Waals surface area contributed by atoms with E-state index in [1.165, 1.54) is 32.5 Å². The van der Waals surface area contributed by atoms with Crippen LogP contribution in [0.2, 0.25) is 0 Å². The molecule has 3 rings (SSSR count). The third kappa shape index (κ3) is 2.24. The highest BCUT2D eigenvalue weighted by Crippen LogP contribution is 2.35. The molecule has 0 spiro atoms. The average molecular weight is 230 g/mol. The molecule has 0 bridgehead atoms. The van der Waals surface area contributed by atoms with E-state index < -0.39 is 0 Å². The van der Waals surface area contributed by atoms with Crippen LogP contribution in [-0.4, -0.2) is 31.1 Å². The topological polar surface area (TPSA) is 29.3 Å². The number of fused-ring (bicyclic) bond motifs is 2. The number of benzene rings is 1. The third-order valence-electron chi connectivity index (χ3n) is 4.41. The van der Waals surface area contributed by atoms with Crippen molar-refractivity contribution in [2.75, 3.05) is 26.2 Å². The predicted octanol–water partition coefficient (Wildman–Crippen LogP) is 1.68. The molecule has 17 heavy (non-hydrogen) atoms. The van der Waals surface area contributed by atoms with Crippen LogP contribution in [0.4, 0.5) is 0 Å². The molecule has 1 fully saturated rings. The summed E-state index contributed by atoms with van der Waals surface area (Å²) in [6, 6.07) is 8.99. The maximum Gasteiger partial charge on any atom is 0.00162 e. The molecule has 2 heteroatoms. The molecule has 0 amide bonds. The summed E-state index contributed by atoms with van der Waals surface area (Å²) < 4.78 is 0. The van der Waals surface area contributed by atoms with Crippen molar-refractivity contribution < 1.29 is 0 Å².